The molecule has 0 aliphatic rings. The Kier molecular flexibility index (Phi) is 3.46. The molecule has 20 heavy (non-hydrogen) atoms. The summed E-state index contributed by atoms with van der Waals surface area (Å²) in [5, 5.41) is 4.48. The van der Waals surface area contributed by atoms with Crippen LogP contribution in [0.15, 0.2) is 54.9 Å². The van der Waals surface area contributed by atoms with Crippen LogP contribution in [0.1, 0.15) is 5.69 Å². The molecule has 0 radical (unpaired) electrons. The van der Waals surface area contributed by atoms with Crippen molar-refractivity contribution >= 4 is 22.3 Å². The lowest BCUT2D eigenvalue weighted by Crippen LogP contribution is -2.06. The van der Waals surface area contributed by atoms with Crippen LogP contribution in [-0.4, -0.2) is 16.5 Å². The number of nitrogens with two attached hydrogens (primary N) is 1. The highest BCUT2D eigenvalue weighted by Gasteiger charge is 2.04. The van der Waals surface area contributed by atoms with Gasteiger partial charge in [0.05, 0.1) is 11.2 Å². The van der Waals surface area contributed by atoms with E-state index in [2.05, 4.69) is 15.3 Å². The predicted molar refractivity (Wildman–Crippen MR) is 82.6 cm³/mol. The highest BCUT2D eigenvalue weighted by Crippen LogP contribution is 2.26. The van der Waals surface area contributed by atoms with Gasteiger partial charge in [0, 0.05) is 42.1 Å². The van der Waals surface area contributed by atoms with Gasteiger partial charge in [0.2, 0.25) is 0 Å². The summed E-state index contributed by atoms with van der Waals surface area (Å²) in [5.41, 5.74) is 9.63. The fourth-order valence-electron chi connectivity index (χ4n) is 2.22. The first-order valence-electron chi connectivity index (χ1n) is 6.61. The molecule has 0 spiro atoms. The van der Waals surface area contributed by atoms with Crippen molar-refractivity contribution in [1.29, 1.82) is 0 Å². The molecule has 4 nitrogen and oxygen atoms in total. The maximum atomic E-state index is 5.94. The maximum absolute atomic E-state index is 5.94. The molecular formula is C16H16N4. The number of nitrogens with one attached hydrogen (secondary N) is 1. The minimum atomic E-state index is 0.705. The monoisotopic (exact) mass is 264 g/mol. The van der Waals surface area contributed by atoms with Crippen LogP contribution in [0.3, 0.4) is 0 Å². The van der Waals surface area contributed by atoms with Crippen molar-refractivity contribution in [3.05, 3.63) is 60.6 Å². The number of hydrogen-bond acceptors (Lipinski definition) is 4. The van der Waals surface area contributed by atoms with E-state index in [0.29, 0.717) is 5.69 Å². The molecule has 0 aliphatic heterocycles. The smallest absolute Gasteiger partial charge is 0.0951 e. The molecule has 0 saturated carbocycles. The van der Waals surface area contributed by atoms with Gasteiger partial charge in [0.1, 0.15) is 0 Å². The first kappa shape index (κ1) is 12.4. The highest BCUT2D eigenvalue weighted by atomic mass is 14.9. The second-order valence-corrected chi connectivity index (χ2v) is 4.60. The van der Waals surface area contributed by atoms with E-state index in [4.69, 9.17) is 5.73 Å². The lowest BCUT2D eigenvalue weighted by atomic mass is 10.1. The van der Waals surface area contributed by atoms with Crippen LogP contribution in [0.4, 0.5) is 11.4 Å². The number of aromatic nitrogens is 2. The standard InChI is InChI=1S/C16H16N4/c17-14-6-7-15(13-5-3-10-20-16(13)14)19-11-8-12-4-1-2-9-18-12/h1-7,9-10,19H,8,11,17H2. The Labute approximate surface area is 117 Å². The van der Waals surface area contributed by atoms with Crippen LogP contribution < -0.4 is 11.1 Å². The summed E-state index contributed by atoms with van der Waals surface area (Å²) in [6.07, 6.45) is 4.46. The zero-order valence-corrected chi connectivity index (χ0v) is 11.1. The second kappa shape index (κ2) is 5.57. The highest BCUT2D eigenvalue weighted by molar-refractivity contribution is 5.98. The molecule has 0 saturated heterocycles. The van der Waals surface area contributed by atoms with E-state index in [1.807, 2.05) is 48.7 Å². The van der Waals surface area contributed by atoms with Gasteiger partial charge in [0.25, 0.3) is 0 Å². The van der Waals surface area contributed by atoms with Gasteiger partial charge >= 0.3 is 0 Å². The summed E-state index contributed by atoms with van der Waals surface area (Å²) >= 11 is 0. The van der Waals surface area contributed by atoms with Crippen molar-refractivity contribution in [2.75, 3.05) is 17.6 Å². The zero-order chi connectivity index (χ0) is 13.8. The average Bonchev–Trinajstić information content (AvgIpc) is 2.51. The molecule has 0 fully saturated rings. The number of pyridine rings is 2. The predicted octanol–water partition coefficient (Wildman–Crippen LogP) is 2.87. The SMILES string of the molecule is Nc1ccc(NCCc2ccccn2)c2cccnc12. The molecule has 0 unspecified atom stereocenters. The second-order valence-electron chi connectivity index (χ2n) is 4.60. The maximum Gasteiger partial charge on any atom is 0.0951 e. The fraction of sp³-hybridized carbons (Fsp3) is 0.125. The molecule has 3 aromatic rings. The fourth-order valence-corrected chi connectivity index (χ4v) is 2.22. The van der Waals surface area contributed by atoms with Crippen LogP contribution in [-0.2, 0) is 6.42 Å². The molecule has 3 rings (SSSR count). The van der Waals surface area contributed by atoms with E-state index in [-0.39, 0.29) is 0 Å². The molecule has 100 valence electrons. The Bertz CT molecular complexity index is 710. The number of nitrogens with zero attached hydrogens (tertiary/aromatic N) is 2. The summed E-state index contributed by atoms with van der Waals surface area (Å²) < 4.78 is 0. The van der Waals surface area contributed by atoms with Gasteiger partial charge in [-0.2, -0.15) is 0 Å². The summed E-state index contributed by atoms with van der Waals surface area (Å²) in [6.45, 7) is 0.824. The molecule has 2 heterocycles. The minimum Gasteiger partial charge on any atom is -0.397 e. The Balaban J connectivity index is 1.77. The van der Waals surface area contributed by atoms with Crippen LogP contribution >= 0.6 is 0 Å². The molecule has 2 aromatic heterocycles. The molecule has 0 aliphatic carbocycles. The molecule has 1 aromatic carbocycles. The van der Waals surface area contributed by atoms with E-state index in [9.17, 15) is 0 Å². The third-order valence-corrected chi connectivity index (χ3v) is 3.22. The summed E-state index contributed by atoms with van der Waals surface area (Å²) in [7, 11) is 0. The van der Waals surface area contributed by atoms with E-state index in [1.165, 1.54) is 0 Å². The third kappa shape index (κ3) is 2.54. The Morgan fingerprint density at radius 2 is 1.85 bits per heavy atom. The molecule has 0 amide bonds. The molecule has 3 N–H and O–H groups in total. The Morgan fingerprint density at radius 1 is 0.950 bits per heavy atom. The summed E-state index contributed by atoms with van der Waals surface area (Å²) in [6, 6.07) is 13.8. The van der Waals surface area contributed by atoms with Crippen molar-refractivity contribution in [2.24, 2.45) is 0 Å². The lowest BCUT2D eigenvalue weighted by Gasteiger charge is -2.10. The summed E-state index contributed by atoms with van der Waals surface area (Å²) in [4.78, 5) is 8.64. The van der Waals surface area contributed by atoms with Gasteiger partial charge < -0.3 is 11.1 Å². The number of rotatable bonds is 4. The number of fused-ring (bicyclic) bond motifs is 1. The first-order valence-corrected chi connectivity index (χ1v) is 6.61. The van der Waals surface area contributed by atoms with Crippen LogP contribution in [0.2, 0.25) is 0 Å². The number of hydrogen-bond donors (Lipinski definition) is 2. The van der Waals surface area contributed by atoms with Crippen molar-refractivity contribution in [3.8, 4) is 0 Å². The third-order valence-electron chi connectivity index (χ3n) is 3.22. The van der Waals surface area contributed by atoms with Gasteiger partial charge in [-0.3, -0.25) is 9.97 Å². The van der Waals surface area contributed by atoms with E-state index in [0.717, 1.165) is 35.2 Å². The lowest BCUT2D eigenvalue weighted by molar-refractivity contribution is 0.963. The van der Waals surface area contributed by atoms with Crippen molar-refractivity contribution in [2.45, 2.75) is 6.42 Å². The number of benzene rings is 1. The molecule has 4 heteroatoms. The van der Waals surface area contributed by atoms with E-state index in [1.54, 1.807) is 6.20 Å². The van der Waals surface area contributed by atoms with Crippen LogP contribution in [0.5, 0.6) is 0 Å². The quantitative estimate of drug-likeness (QED) is 0.711. The van der Waals surface area contributed by atoms with Crippen molar-refractivity contribution in [1.82, 2.24) is 9.97 Å². The first-order chi connectivity index (χ1) is 9.84. The average molecular weight is 264 g/mol. The van der Waals surface area contributed by atoms with E-state index < -0.39 is 0 Å². The Morgan fingerprint density at radius 3 is 2.70 bits per heavy atom. The van der Waals surface area contributed by atoms with Crippen LogP contribution in [0, 0.1) is 0 Å². The van der Waals surface area contributed by atoms with Crippen LogP contribution in [0.25, 0.3) is 10.9 Å². The topological polar surface area (TPSA) is 63.8 Å². The molecular weight excluding hydrogens is 248 g/mol. The normalized spacial score (nSPS) is 10.6. The minimum absolute atomic E-state index is 0.705. The van der Waals surface area contributed by atoms with Gasteiger partial charge in [-0.1, -0.05) is 6.07 Å². The molecule has 0 atom stereocenters. The Hall–Kier alpha value is -2.62. The van der Waals surface area contributed by atoms with Gasteiger partial charge in [-0.15, -0.1) is 0 Å². The van der Waals surface area contributed by atoms with E-state index >= 15 is 0 Å². The number of nitrogen functional groups attached to an aromatic ring is 1. The zero-order valence-electron chi connectivity index (χ0n) is 11.1. The largest absolute Gasteiger partial charge is 0.397 e. The van der Waals surface area contributed by atoms with Crippen molar-refractivity contribution in [3.63, 3.8) is 0 Å². The number of anilines is 2. The van der Waals surface area contributed by atoms with Gasteiger partial charge in [-0.25, -0.2) is 0 Å². The van der Waals surface area contributed by atoms with Crippen molar-refractivity contribution < 1.29 is 0 Å². The summed E-state index contributed by atoms with van der Waals surface area (Å²) in [5.74, 6) is 0. The molecule has 0 bridgehead atoms. The van der Waals surface area contributed by atoms with Gasteiger partial charge in [-0.05, 0) is 36.4 Å². The van der Waals surface area contributed by atoms with Gasteiger partial charge in [0.15, 0.2) is 0 Å².